The van der Waals surface area contributed by atoms with E-state index in [1.165, 1.54) is 87.4 Å². The highest BCUT2D eigenvalue weighted by Crippen LogP contribution is 2.40. The molecule has 23 aromatic rings. The minimum atomic E-state index is -0.623. The fourth-order valence-electron chi connectivity index (χ4n) is 17.6. The number of anilines is 4. The van der Waals surface area contributed by atoms with E-state index < -0.39 is 5.82 Å². The number of phenolic OH excluding ortho intramolecular Hbond substituents is 2. The fraction of sp³-hybridized carbons (Fsp3) is 0.147. The average Bonchev–Trinajstić information content (AvgIpc) is 1.70. The quantitative estimate of drug-likeness (QED) is 0.0472. The Kier molecular flexibility index (Phi) is 25.4. The van der Waals surface area contributed by atoms with E-state index in [0.717, 1.165) is 75.8 Å². The van der Waals surface area contributed by atoms with Crippen molar-refractivity contribution in [1.29, 1.82) is 0 Å². The third-order valence-corrected chi connectivity index (χ3v) is 30.3. The molecule has 7 aromatic carbocycles. The molecule has 0 unspecified atom stereocenters. The molecule has 11 N–H and O–H groups in total. The number of halogens is 3. The zero-order valence-electron chi connectivity index (χ0n) is 79.0. The molecule has 1 amide bonds. The Bertz CT molecular complexity index is 9520. The van der Waals surface area contributed by atoms with E-state index in [1.807, 2.05) is 166 Å². The topological polar surface area (TPSA) is 488 Å². The van der Waals surface area contributed by atoms with Crippen LogP contribution >= 0.6 is 72.9 Å². The predicted octanol–water partition coefficient (Wildman–Crippen LogP) is 17.3. The van der Waals surface area contributed by atoms with E-state index in [4.69, 9.17) is 69.8 Å². The van der Waals surface area contributed by atoms with E-state index in [1.54, 1.807) is 94.1 Å². The van der Waals surface area contributed by atoms with Gasteiger partial charge >= 0.3 is 0 Å². The van der Waals surface area contributed by atoms with Crippen molar-refractivity contribution in [2.24, 2.45) is 0 Å². The number of aromatic hydroxyl groups is 2. The Morgan fingerprint density at radius 2 is 0.738 bits per heavy atom. The van der Waals surface area contributed by atoms with Crippen LogP contribution in [0.25, 0.3) is 142 Å². The molecule has 0 saturated carbocycles. The summed E-state index contributed by atoms with van der Waals surface area (Å²) in [6.07, 6.45) is 5.47. The molecular weight excluding hydrogens is 2010 g/mol. The van der Waals surface area contributed by atoms with E-state index in [0.29, 0.717) is 170 Å². The van der Waals surface area contributed by atoms with Crippen molar-refractivity contribution in [3.63, 3.8) is 0 Å². The summed E-state index contributed by atoms with van der Waals surface area (Å²) in [5.41, 5.74) is 38.9. The van der Waals surface area contributed by atoms with Crippen LogP contribution in [-0.2, 0) is 26.2 Å². The lowest BCUT2D eigenvalue weighted by Crippen LogP contribution is -2.26. The summed E-state index contributed by atoms with van der Waals surface area (Å²) in [5.74, 6) is 2.01. The number of hydrogen-bond acceptors (Lipinski definition) is 31. The highest BCUT2D eigenvalue weighted by molar-refractivity contribution is 9.10. The smallest absolute Gasteiger partial charge is 0.267 e. The standard InChI is InChI=1S/C27H21ClN8O2S.C27H22FN7O2S.C27H23N7O2S.C21H18BrN7OS/c1-14-12-39-26-20(14)27(38)36(18-9-4-3-8-17(18)28)19(33-26)11-35-24-21(23(29)31-13-32-24)22(34-35)15-6-5-7-16(10-15)25(37)30-2;1-13-6-4-5-7-19(13)35-20(32-26-21(27(35)37)14(2)15(3)38-26)11-34-25-22(24(29)30-12-31-25)23(33-34)16-8-17(28)10-18(36)9-16;1-14-7-4-5-10-19(14)34-20(31-26-21(27(34)36)15(2)16(3)37-26)12-33-25-22(24(28)29-13-30-25)23(32-33)17-8-6-9-18(35)11-17;1-10-6-4-5-7-13(10)29-14(26-20-15(21(29)30)11(2)12(3)31-20)8-28-19-16(17(22)27-28)18(23)24-9-25-19/h3-10,12-13H,11H2,1-2H3,(H,30,37)(H2,29,31,32);4-10,12,36H,11H2,1-3H3,(H2,29,30,31);4-11,13,35H,12H2,1-3H3,(H2,28,29,30);4-7,9H,8H2,1-3H3,(H2,23,24,25). The number of nitrogen functional groups attached to an aromatic ring is 4. The van der Waals surface area contributed by atoms with Crippen LogP contribution in [0.4, 0.5) is 27.7 Å². The molecule has 145 heavy (non-hydrogen) atoms. The molecule has 0 fully saturated rings. The molecule has 23 rings (SSSR count). The summed E-state index contributed by atoms with van der Waals surface area (Å²) in [6.45, 7) is 20.2. The van der Waals surface area contributed by atoms with Crippen LogP contribution in [0.5, 0.6) is 11.5 Å². The monoisotopic (exact) mass is 2090 g/mol. The molecule has 36 nitrogen and oxygen atoms in total. The maximum atomic E-state index is 14.2. The number of benzene rings is 7. The van der Waals surface area contributed by atoms with Crippen LogP contribution in [0.1, 0.15) is 87.2 Å². The molecule has 0 spiro atoms. The lowest BCUT2D eigenvalue weighted by molar-refractivity contribution is 0.0963. The number of phenols is 2. The number of carbonyl (C=O) groups is 1. The van der Waals surface area contributed by atoms with Crippen LogP contribution in [0.3, 0.4) is 0 Å². The summed E-state index contributed by atoms with van der Waals surface area (Å²) in [6, 6.07) is 47.7. The summed E-state index contributed by atoms with van der Waals surface area (Å²) >= 11 is 15.9. The number of amides is 1. The van der Waals surface area contributed by atoms with Gasteiger partial charge in [-0.1, -0.05) is 103 Å². The predicted molar refractivity (Wildman–Crippen MR) is 569 cm³/mol. The zero-order chi connectivity index (χ0) is 102. The fourth-order valence-corrected chi connectivity index (χ4v) is 22.5. The molecule has 0 bridgehead atoms. The number of nitrogens with zero attached hydrogens (tertiary/aromatic N) is 24. The average molecular weight is 2090 g/mol. The van der Waals surface area contributed by atoms with Crippen molar-refractivity contribution in [2.75, 3.05) is 30.0 Å². The number of nitrogens with two attached hydrogens (primary N) is 4. The number of hydrogen-bond donors (Lipinski definition) is 7. The van der Waals surface area contributed by atoms with E-state index >= 15 is 0 Å². The van der Waals surface area contributed by atoms with Gasteiger partial charge in [-0.2, -0.15) is 20.4 Å². The van der Waals surface area contributed by atoms with Gasteiger partial charge in [0.05, 0.1) is 70.9 Å². The van der Waals surface area contributed by atoms with Crippen molar-refractivity contribution in [3.05, 3.63) is 334 Å². The van der Waals surface area contributed by atoms with Crippen LogP contribution in [0.2, 0.25) is 5.02 Å². The number of para-hydroxylation sites is 4. The van der Waals surface area contributed by atoms with Crippen LogP contribution in [0.15, 0.2) is 218 Å². The largest absolute Gasteiger partial charge is 0.508 e. The van der Waals surface area contributed by atoms with Crippen LogP contribution in [-0.4, -0.2) is 140 Å². The first kappa shape index (κ1) is 95.6. The highest BCUT2D eigenvalue weighted by Gasteiger charge is 2.30. The van der Waals surface area contributed by atoms with Gasteiger partial charge in [0.15, 0.2) is 22.6 Å². The number of fused-ring (bicyclic) bond motifs is 8. The minimum absolute atomic E-state index is 0.0732. The van der Waals surface area contributed by atoms with E-state index in [9.17, 15) is 38.6 Å². The molecule has 0 aliphatic rings. The van der Waals surface area contributed by atoms with Crippen molar-refractivity contribution in [2.45, 2.75) is 95.4 Å². The van der Waals surface area contributed by atoms with Gasteiger partial charge in [-0.25, -0.2) is 82.9 Å². The maximum absolute atomic E-state index is 14.2. The number of carbonyl (C=O) groups excluding carboxylic acids is 1. The third kappa shape index (κ3) is 17.4. The highest BCUT2D eigenvalue weighted by atomic mass is 79.9. The molecule has 43 heteroatoms. The summed E-state index contributed by atoms with van der Waals surface area (Å²) in [7, 11) is 1.57. The minimum Gasteiger partial charge on any atom is -0.508 e. The zero-order valence-corrected chi connectivity index (χ0v) is 84.7. The van der Waals surface area contributed by atoms with Gasteiger partial charge in [0.25, 0.3) is 28.1 Å². The molecule has 0 radical (unpaired) electrons. The lowest BCUT2D eigenvalue weighted by atomic mass is 10.1. The molecule has 724 valence electrons. The maximum Gasteiger partial charge on any atom is 0.267 e. The number of aromatic nitrogens is 24. The SMILES string of the molecule is CNC(=O)c1cccc(-c2nn(Cc3nc4scc(C)c4c(=O)n3-c3ccccc3Cl)c3ncnc(N)c23)c1.Cc1ccccc1-n1c(Cn2nc(-c3cc(O)cc(F)c3)c3c(N)ncnc32)nc2sc(C)c(C)c2c1=O.Cc1ccccc1-n1c(Cn2nc(-c3cccc(O)c3)c3c(N)ncnc32)nc2sc(C)c(C)c2c1=O.Cc1ccccc1-n1c(Cn2nc(Br)c3c(N)ncnc32)nc2sc(C)c(C)c2c1=O. The van der Waals surface area contributed by atoms with Gasteiger partial charge in [0.2, 0.25) is 0 Å². The Morgan fingerprint density at radius 3 is 1.14 bits per heavy atom. The van der Waals surface area contributed by atoms with Crippen LogP contribution < -0.4 is 50.5 Å². The Balaban J connectivity index is 0.000000118. The van der Waals surface area contributed by atoms with Gasteiger partial charge < -0.3 is 38.5 Å². The van der Waals surface area contributed by atoms with E-state index in [2.05, 4.69) is 66.2 Å². The number of aryl methyl sites for hydroxylation is 10. The van der Waals surface area contributed by atoms with Gasteiger partial charge in [-0.3, -0.25) is 42.2 Å². The molecule has 0 atom stereocenters. The van der Waals surface area contributed by atoms with Crippen molar-refractivity contribution < 1.29 is 19.4 Å². The Labute approximate surface area is 850 Å². The van der Waals surface area contributed by atoms with Gasteiger partial charge in [0, 0.05) is 50.0 Å². The lowest BCUT2D eigenvalue weighted by Gasteiger charge is -2.15. The van der Waals surface area contributed by atoms with Crippen LogP contribution in [0, 0.1) is 75.1 Å². The Morgan fingerprint density at radius 1 is 0.386 bits per heavy atom. The second-order valence-corrected chi connectivity index (χ2v) is 39.8. The van der Waals surface area contributed by atoms with Gasteiger partial charge in [0.1, 0.15) is 156 Å². The second kappa shape index (κ2) is 38.5. The molecule has 16 heterocycles. The molecule has 0 saturated heterocycles. The summed E-state index contributed by atoms with van der Waals surface area (Å²) in [5, 5.41) is 48.5. The van der Waals surface area contributed by atoms with Crippen molar-refractivity contribution >= 4 is 187 Å². The Hall–Kier alpha value is -16.9. The number of rotatable bonds is 16. The van der Waals surface area contributed by atoms with Gasteiger partial charge in [-0.05, 0) is 196 Å². The van der Waals surface area contributed by atoms with Gasteiger partial charge in [-0.15, -0.1) is 45.3 Å². The van der Waals surface area contributed by atoms with E-state index in [-0.39, 0.29) is 83.3 Å². The summed E-state index contributed by atoms with van der Waals surface area (Å²) in [4.78, 5) is 127. The molecular formula is C102H84BrClFN29O7S4. The normalized spacial score (nSPS) is 11.5. The van der Waals surface area contributed by atoms with Crippen molar-refractivity contribution in [1.82, 2.24) is 123 Å². The molecule has 16 aromatic heterocycles. The third-order valence-electron chi connectivity index (χ3n) is 25.1. The number of nitrogens with one attached hydrogen (secondary N) is 1. The first-order valence-electron chi connectivity index (χ1n) is 44.9. The van der Waals surface area contributed by atoms with Crippen molar-refractivity contribution in [3.8, 4) is 68.0 Å². The first-order chi connectivity index (χ1) is 69.8. The number of thiophene rings is 4. The summed E-state index contributed by atoms with van der Waals surface area (Å²) < 4.78 is 27.8. The molecule has 0 aliphatic heterocycles. The molecule has 0 aliphatic carbocycles. The second-order valence-electron chi connectivity index (χ2n) is 34.2. The first-order valence-corrected chi connectivity index (χ1v) is 49.4.